The molecule has 0 aliphatic carbocycles. The molecular weight excluding hydrogens is 202 g/mol. The van der Waals surface area contributed by atoms with E-state index in [4.69, 9.17) is 4.42 Å². The summed E-state index contributed by atoms with van der Waals surface area (Å²) < 4.78 is 4.91. The average Bonchev–Trinajstić information content (AvgIpc) is 2.31. The van der Waals surface area contributed by atoms with Crippen molar-refractivity contribution in [2.45, 2.75) is 13.8 Å². The maximum Gasteiger partial charge on any atom is 0.336 e. The Labute approximate surface area is 95.1 Å². The molecule has 3 nitrogen and oxygen atoms in total. The van der Waals surface area contributed by atoms with Gasteiger partial charge in [0.15, 0.2) is 0 Å². The van der Waals surface area contributed by atoms with E-state index < -0.39 is 0 Å². The highest BCUT2D eigenvalue weighted by atomic mass is 16.4. The normalized spacial score (nSPS) is 9.62. The summed E-state index contributed by atoms with van der Waals surface area (Å²) >= 11 is 0. The van der Waals surface area contributed by atoms with E-state index in [1.165, 1.54) is 6.07 Å². The second kappa shape index (κ2) is 6.80. The molecule has 0 aliphatic heterocycles. The van der Waals surface area contributed by atoms with E-state index in [2.05, 4.69) is 19.2 Å². The predicted octanol–water partition coefficient (Wildman–Crippen LogP) is 2.41. The van der Waals surface area contributed by atoms with Crippen LogP contribution in [0.15, 0.2) is 45.6 Å². The monoisotopic (exact) mass is 219 g/mol. The van der Waals surface area contributed by atoms with Crippen LogP contribution < -0.4 is 10.9 Å². The van der Waals surface area contributed by atoms with Gasteiger partial charge in [-0.25, -0.2) is 4.79 Å². The lowest BCUT2D eigenvalue weighted by Crippen LogP contribution is -2.09. The number of nitrogens with one attached hydrogen (secondary N) is 1. The number of rotatable bonds is 2. The minimum Gasteiger partial charge on any atom is -0.423 e. The van der Waals surface area contributed by atoms with Crippen LogP contribution in [0.5, 0.6) is 0 Å². The third-order valence-electron chi connectivity index (χ3n) is 2.03. The quantitative estimate of drug-likeness (QED) is 0.789. The summed E-state index contributed by atoms with van der Waals surface area (Å²) in [4.78, 5) is 10.7. The van der Waals surface area contributed by atoms with E-state index in [0.29, 0.717) is 5.58 Å². The summed E-state index contributed by atoms with van der Waals surface area (Å²) in [7, 11) is 0. The molecule has 0 unspecified atom stereocenters. The molecule has 86 valence electrons. The summed E-state index contributed by atoms with van der Waals surface area (Å²) in [6, 6.07) is 10.6. The molecule has 0 amide bonds. The van der Waals surface area contributed by atoms with Gasteiger partial charge in [-0.05, 0) is 25.2 Å². The molecule has 0 atom stereocenters. The number of para-hydroxylation sites is 1. The Balaban J connectivity index is 0.000000221. The fraction of sp³-hybridized carbons (Fsp3) is 0.308. The van der Waals surface area contributed by atoms with Crippen LogP contribution in [0.25, 0.3) is 11.0 Å². The minimum atomic E-state index is -0.302. The van der Waals surface area contributed by atoms with E-state index in [1.54, 1.807) is 12.1 Å². The third-order valence-corrected chi connectivity index (χ3v) is 2.03. The van der Waals surface area contributed by atoms with Crippen molar-refractivity contribution >= 4 is 11.0 Å². The van der Waals surface area contributed by atoms with Crippen molar-refractivity contribution < 1.29 is 4.42 Å². The van der Waals surface area contributed by atoms with Gasteiger partial charge >= 0.3 is 5.63 Å². The topological polar surface area (TPSA) is 42.2 Å². The predicted molar refractivity (Wildman–Crippen MR) is 66.7 cm³/mol. The fourth-order valence-corrected chi connectivity index (χ4v) is 1.26. The molecule has 1 aromatic carbocycles. The number of fused-ring (bicyclic) bond motifs is 1. The van der Waals surface area contributed by atoms with Crippen LogP contribution in [0, 0.1) is 0 Å². The lowest BCUT2D eigenvalue weighted by Gasteiger charge is -1.91. The molecule has 3 heteroatoms. The Morgan fingerprint density at radius 2 is 1.75 bits per heavy atom. The zero-order valence-corrected chi connectivity index (χ0v) is 9.69. The highest BCUT2D eigenvalue weighted by Gasteiger charge is 1.92. The largest absolute Gasteiger partial charge is 0.423 e. The molecule has 0 fully saturated rings. The molecule has 2 aromatic rings. The van der Waals surface area contributed by atoms with Crippen LogP contribution in [0.3, 0.4) is 0 Å². The van der Waals surface area contributed by atoms with Gasteiger partial charge in [-0.1, -0.05) is 32.0 Å². The molecule has 16 heavy (non-hydrogen) atoms. The zero-order valence-electron chi connectivity index (χ0n) is 9.69. The van der Waals surface area contributed by atoms with Gasteiger partial charge in [0.2, 0.25) is 0 Å². The average molecular weight is 219 g/mol. The van der Waals surface area contributed by atoms with Crippen LogP contribution in [0.2, 0.25) is 0 Å². The van der Waals surface area contributed by atoms with Gasteiger partial charge in [0.05, 0.1) is 0 Å². The third kappa shape index (κ3) is 3.87. The van der Waals surface area contributed by atoms with Gasteiger partial charge in [-0.3, -0.25) is 0 Å². The van der Waals surface area contributed by atoms with Crippen molar-refractivity contribution in [2.24, 2.45) is 0 Å². The minimum absolute atomic E-state index is 0.302. The van der Waals surface area contributed by atoms with Crippen LogP contribution in [-0.4, -0.2) is 13.1 Å². The first kappa shape index (κ1) is 12.5. The molecule has 0 aliphatic rings. The lowest BCUT2D eigenvalue weighted by atomic mass is 10.2. The van der Waals surface area contributed by atoms with Crippen LogP contribution in [-0.2, 0) is 0 Å². The SMILES string of the molecule is CCNCC.O=c1ccc2ccccc2o1. The van der Waals surface area contributed by atoms with E-state index in [9.17, 15) is 4.79 Å². The highest BCUT2D eigenvalue weighted by Crippen LogP contribution is 2.08. The van der Waals surface area contributed by atoms with E-state index >= 15 is 0 Å². The molecule has 0 saturated heterocycles. The van der Waals surface area contributed by atoms with Crippen molar-refractivity contribution in [3.63, 3.8) is 0 Å². The highest BCUT2D eigenvalue weighted by molar-refractivity contribution is 5.75. The fourth-order valence-electron chi connectivity index (χ4n) is 1.26. The van der Waals surface area contributed by atoms with Gasteiger partial charge in [0.25, 0.3) is 0 Å². The molecule has 1 N–H and O–H groups in total. The van der Waals surface area contributed by atoms with Gasteiger partial charge in [-0.15, -0.1) is 0 Å². The summed E-state index contributed by atoms with van der Waals surface area (Å²) in [5, 5.41) is 4.06. The molecule has 0 saturated carbocycles. The zero-order chi connectivity index (χ0) is 11.8. The maximum atomic E-state index is 10.7. The van der Waals surface area contributed by atoms with E-state index in [1.807, 2.05) is 18.2 Å². The van der Waals surface area contributed by atoms with E-state index in [0.717, 1.165) is 18.5 Å². The smallest absolute Gasteiger partial charge is 0.336 e. The molecule has 2 rings (SSSR count). The molecular formula is C13H17NO2. The molecule has 0 bridgehead atoms. The van der Waals surface area contributed by atoms with Gasteiger partial charge in [0.1, 0.15) is 5.58 Å². The Kier molecular flexibility index (Phi) is 5.29. The number of hydrogen-bond acceptors (Lipinski definition) is 3. The van der Waals surface area contributed by atoms with Crippen molar-refractivity contribution in [3.05, 3.63) is 46.8 Å². The van der Waals surface area contributed by atoms with Crippen molar-refractivity contribution in [1.82, 2.24) is 5.32 Å². The first-order valence-corrected chi connectivity index (χ1v) is 5.47. The van der Waals surface area contributed by atoms with Crippen LogP contribution in [0.1, 0.15) is 13.8 Å². The van der Waals surface area contributed by atoms with Crippen molar-refractivity contribution in [3.8, 4) is 0 Å². The summed E-state index contributed by atoms with van der Waals surface area (Å²) in [5.74, 6) is 0. The van der Waals surface area contributed by atoms with Gasteiger partial charge < -0.3 is 9.73 Å². The van der Waals surface area contributed by atoms with Gasteiger partial charge in [0, 0.05) is 11.5 Å². The standard InChI is InChI=1S/C9H6O2.C4H11N/c10-9-6-5-7-3-1-2-4-8(7)11-9;1-3-5-4-2/h1-6H;5H,3-4H2,1-2H3. The van der Waals surface area contributed by atoms with E-state index in [-0.39, 0.29) is 5.63 Å². The lowest BCUT2D eigenvalue weighted by molar-refractivity contribution is 0.561. The second-order valence-corrected chi connectivity index (χ2v) is 3.25. The number of hydrogen-bond donors (Lipinski definition) is 1. The first-order chi connectivity index (χ1) is 7.77. The Hall–Kier alpha value is -1.61. The Morgan fingerprint density at radius 1 is 1.06 bits per heavy atom. The molecule has 0 radical (unpaired) electrons. The molecule has 1 aromatic heterocycles. The van der Waals surface area contributed by atoms with Crippen molar-refractivity contribution in [1.29, 1.82) is 0 Å². The first-order valence-electron chi connectivity index (χ1n) is 5.47. The van der Waals surface area contributed by atoms with Crippen molar-refractivity contribution in [2.75, 3.05) is 13.1 Å². The summed E-state index contributed by atoms with van der Waals surface area (Å²) in [6.07, 6.45) is 0. The summed E-state index contributed by atoms with van der Waals surface area (Å²) in [5.41, 5.74) is 0.337. The van der Waals surface area contributed by atoms with Gasteiger partial charge in [-0.2, -0.15) is 0 Å². The van der Waals surface area contributed by atoms with Crippen LogP contribution >= 0.6 is 0 Å². The Bertz CT molecular complexity index is 474. The Morgan fingerprint density at radius 3 is 2.38 bits per heavy atom. The molecule has 0 spiro atoms. The second-order valence-electron chi connectivity index (χ2n) is 3.25. The number of benzene rings is 1. The molecule has 1 heterocycles. The van der Waals surface area contributed by atoms with Crippen LogP contribution in [0.4, 0.5) is 0 Å². The maximum absolute atomic E-state index is 10.7. The summed E-state index contributed by atoms with van der Waals surface area (Å²) in [6.45, 7) is 6.39.